The van der Waals surface area contributed by atoms with E-state index >= 15 is 0 Å². The molecule has 1 N–H and O–H groups in total. The summed E-state index contributed by atoms with van der Waals surface area (Å²) in [5, 5.41) is 4.11. The highest BCUT2D eigenvalue weighted by atomic mass is 35.5. The molecule has 4 heterocycles. The van der Waals surface area contributed by atoms with Gasteiger partial charge in [0, 0.05) is 22.8 Å². The maximum absolute atomic E-state index is 14.9. The summed E-state index contributed by atoms with van der Waals surface area (Å²) in [5.41, 5.74) is 2.51. The standard InChI is InChI=1S/C35H23ClN2O4/c36-25-14-6-4-12-23(25)31(39)30-29(32(40)28-19-21-10-2-8-16-27(21)42-28)35(24-13-5-7-15-26(24)37-34(35)41)33-22-11-3-1-9-20(22)17-18-38(30)33/h1-19,29-30,33H,(H,37,41)/t29-,30+,33+,35+/m0/s1. The fourth-order valence-electron chi connectivity index (χ4n) is 7.24. The summed E-state index contributed by atoms with van der Waals surface area (Å²) in [5.74, 6) is -2.10. The second kappa shape index (κ2) is 9.03. The minimum atomic E-state index is -1.44. The number of fused-ring (bicyclic) bond motifs is 7. The molecule has 1 fully saturated rings. The van der Waals surface area contributed by atoms with Crippen molar-refractivity contribution in [2.75, 3.05) is 5.32 Å². The number of furan rings is 1. The average Bonchev–Trinajstić information content (AvgIpc) is 3.68. The third-order valence-corrected chi connectivity index (χ3v) is 9.26. The SMILES string of the molecule is O=C(c1cc2ccccc2o1)[C@@H]1[C@H](C(=O)c2ccccc2Cl)N2C=Cc3ccccc3[C@@H]2[C@]12C(=O)Nc1ccccc12. The summed E-state index contributed by atoms with van der Waals surface area (Å²) in [4.78, 5) is 46.0. The minimum absolute atomic E-state index is 0.104. The zero-order valence-electron chi connectivity index (χ0n) is 22.2. The van der Waals surface area contributed by atoms with Gasteiger partial charge in [-0.05, 0) is 53.1 Å². The van der Waals surface area contributed by atoms with Gasteiger partial charge < -0.3 is 14.6 Å². The maximum Gasteiger partial charge on any atom is 0.238 e. The van der Waals surface area contributed by atoms with Crippen LogP contribution < -0.4 is 5.32 Å². The van der Waals surface area contributed by atoms with Crippen LogP contribution in [0.5, 0.6) is 0 Å². The Kier molecular flexibility index (Phi) is 5.34. The first-order chi connectivity index (χ1) is 20.5. The second-order valence-electron chi connectivity index (χ2n) is 10.9. The molecule has 0 unspecified atom stereocenters. The Bertz CT molecular complexity index is 1960. The van der Waals surface area contributed by atoms with E-state index in [0.717, 1.165) is 16.5 Å². The smallest absolute Gasteiger partial charge is 0.238 e. The minimum Gasteiger partial charge on any atom is -0.453 e. The number of nitrogens with one attached hydrogen (secondary N) is 1. The predicted molar refractivity (Wildman–Crippen MR) is 160 cm³/mol. The number of hydrogen-bond donors (Lipinski definition) is 1. The molecule has 8 rings (SSSR count). The van der Waals surface area contributed by atoms with Crippen molar-refractivity contribution in [3.63, 3.8) is 0 Å². The highest BCUT2D eigenvalue weighted by molar-refractivity contribution is 6.34. The zero-order valence-corrected chi connectivity index (χ0v) is 22.9. The zero-order chi connectivity index (χ0) is 28.6. The fourth-order valence-corrected chi connectivity index (χ4v) is 7.47. The van der Waals surface area contributed by atoms with Crippen LogP contribution in [0.15, 0.2) is 114 Å². The first-order valence-corrected chi connectivity index (χ1v) is 14.1. The summed E-state index contributed by atoms with van der Waals surface area (Å²) in [6, 6.07) is 29.4. The molecule has 42 heavy (non-hydrogen) atoms. The number of hydrogen-bond acceptors (Lipinski definition) is 5. The van der Waals surface area contributed by atoms with Crippen LogP contribution in [0, 0.1) is 5.92 Å². The molecule has 4 atom stereocenters. The Hall–Kier alpha value is -4.94. The van der Waals surface area contributed by atoms with Gasteiger partial charge in [-0.3, -0.25) is 14.4 Å². The van der Waals surface area contributed by atoms with E-state index in [2.05, 4.69) is 5.32 Å². The van der Waals surface area contributed by atoms with Crippen LogP contribution in [-0.4, -0.2) is 28.4 Å². The van der Waals surface area contributed by atoms with Crippen molar-refractivity contribution in [2.45, 2.75) is 17.5 Å². The number of rotatable bonds is 4. The normalized spacial score (nSPS) is 23.5. The number of Topliss-reactive ketones (excluding diaryl/α,β-unsaturated/α-hetero) is 2. The molecule has 3 aliphatic rings. The lowest BCUT2D eigenvalue weighted by Gasteiger charge is -2.38. The van der Waals surface area contributed by atoms with Crippen LogP contribution in [0.3, 0.4) is 0 Å². The number of para-hydroxylation sites is 2. The van der Waals surface area contributed by atoms with Gasteiger partial charge in [-0.2, -0.15) is 0 Å². The van der Waals surface area contributed by atoms with Crippen molar-refractivity contribution in [2.24, 2.45) is 5.92 Å². The summed E-state index contributed by atoms with van der Waals surface area (Å²) in [7, 11) is 0. The Morgan fingerprint density at radius 1 is 0.857 bits per heavy atom. The topological polar surface area (TPSA) is 79.6 Å². The molecule has 1 saturated heterocycles. The number of carbonyl (C=O) groups is 3. The number of amides is 1. The molecule has 0 saturated carbocycles. The molecule has 1 amide bonds. The molecule has 0 aliphatic carbocycles. The van der Waals surface area contributed by atoms with Crippen LogP contribution in [0.2, 0.25) is 5.02 Å². The monoisotopic (exact) mass is 570 g/mol. The third kappa shape index (κ3) is 3.24. The van der Waals surface area contributed by atoms with Crippen LogP contribution in [0.25, 0.3) is 17.0 Å². The Balaban J connectivity index is 1.44. The van der Waals surface area contributed by atoms with E-state index < -0.39 is 29.2 Å². The second-order valence-corrected chi connectivity index (χ2v) is 11.3. The van der Waals surface area contributed by atoms with Gasteiger partial charge in [0.15, 0.2) is 11.5 Å². The molecule has 0 radical (unpaired) electrons. The lowest BCUT2D eigenvalue weighted by Crippen LogP contribution is -2.49. The highest BCUT2D eigenvalue weighted by Crippen LogP contribution is 2.62. The van der Waals surface area contributed by atoms with Gasteiger partial charge >= 0.3 is 0 Å². The Morgan fingerprint density at radius 3 is 2.45 bits per heavy atom. The van der Waals surface area contributed by atoms with Crippen molar-refractivity contribution < 1.29 is 18.8 Å². The molecule has 204 valence electrons. The van der Waals surface area contributed by atoms with E-state index in [-0.39, 0.29) is 22.5 Å². The van der Waals surface area contributed by atoms with Crippen molar-refractivity contribution in [1.29, 1.82) is 0 Å². The van der Waals surface area contributed by atoms with Crippen molar-refractivity contribution >= 4 is 51.8 Å². The largest absolute Gasteiger partial charge is 0.453 e. The highest BCUT2D eigenvalue weighted by Gasteiger charge is 2.71. The Morgan fingerprint density at radius 2 is 1.60 bits per heavy atom. The van der Waals surface area contributed by atoms with E-state index in [1.165, 1.54) is 0 Å². The van der Waals surface area contributed by atoms with Gasteiger partial charge in [0.25, 0.3) is 0 Å². The quantitative estimate of drug-likeness (QED) is 0.234. The van der Waals surface area contributed by atoms with E-state index in [1.54, 1.807) is 36.4 Å². The van der Waals surface area contributed by atoms with E-state index in [9.17, 15) is 14.4 Å². The maximum atomic E-state index is 14.9. The summed E-state index contributed by atoms with van der Waals surface area (Å²) >= 11 is 6.57. The number of anilines is 1. The van der Waals surface area contributed by atoms with Gasteiger partial charge in [-0.25, -0.2) is 0 Å². The van der Waals surface area contributed by atoms with Crippen LogP contribution in [-0.2, 0) is 10.2 Å². The molecule has 5 aromatic rings. The molecule has 1 spiro atoms. The van der Waals surface area contributed by atoms with Crippen molar-refractivity contribution in [3.8, 4) is 0 Å². The first kappa shape index (κ1) is 24.8. The van der Waals surface area contributed by atoms with Gasteiger partial charge in [-0.15, -0.1) is 0 Å². The molecule has 1 aromatic heterocycles. The van der Waals surface area contributed by atoms with E-state index in [4.69, 9.17) is 16.0 Å². The lowest BCUT2D eigenvalue weighted by atomic mass is 9.63. The fraction of sp³-hybridized carbons (Fsp3) is 0.114. The van der Waals surface area contributed by atoms with Crippen molar-refractivity contribution in [3.05, 3.63) is 142 Å². The van der Waals surface area contributed by atoms with Crippen LogP contribution in [0.1, 0.15) is 43.6 Å². The lowest BCUT2D eigenvalue weighted by molar-refractivity contribution is -0.122. The number of nitrogens with zero attached hydrogens (tertiary/aromatic N) is 1. The third-order valence-electron chi connectivity index (χ3n) is 8.93. The van der Waals surface area contributed by atoms with E-state index in [1.807, 2.05) is 83.9 Å². The molecule has 0 bridgehead atoms. The molecule has 4 aromatic carbocycles. The summed E-state index contributed by atoms with van der Waals surface area (Å²) < 4.78 is 6.09. The number of carbonyl (C=O) groups excluding carboxylic acids is 3. The van der Waals surface area contributed by atoms with Crippen molar-refractivity contribution in [1.82, 2.24) is 4.90 Å². The first-order valence-electron chi connectivity index (χ1n) is 13.8. The molecular formula is C35H23ClN2O4. The van der Waals surface area contributed by atoms with Gasteiger partial charge in [0.1, 0.15) is 17.0 Å². The van der Waals surface area contributed by atoms with Gasteiger partial charge in [0.05, 0.1) is 17.0 Å². The molecular weight excluding hydrogens is 548 g/mol. The number of ketones is 2. The van der Waals surface area contributed by atoms with Gasteiger partial charge in [0.2, 0.25) is 11.7 Å². The number of halogens is 1. The molecule has 6 nitrogen and oxygen atoms in total. The average molecular weight is 571 g/mol. The van der Waals surface area contributed by atoms with E-state index in [0.29, 0.717) is 22.4 Å². The Labute approximate surface area is 246 Å². The summed E-state index contributed by atoms with van der Waals surface area (Å²) in [6.07, 6.45) is 3.77. The number of benzene rings is 4. The van der Waals surface area contributed by atoms with Gasteiger partial charge in [-0.1, -0.05) is 84.4 Å². The predicted octanol–water partition coefficient (Wildman–Crippen LogP) is 7.07. The van der Waals surface area contributed by atoms with Crippen LogP contribution in [0.4, 0.5) is 5.69 Å². The summed E-state index contributed by atoms with van der Waals surface area (Å²) in [6.45, 7) is 0. The molecule has 7 heteroatoms. The van der Waals surface area contributed by atoms with Crippen LogP contribution >= 0.6 is 11.6 Å². The molecule has 3 aliphatic heterocycles.